The van der Waals surface area contributed by atoms with Gasteiger partial charge in [-0.25, -0.2) is 9.67 Å². The predicted octanol–water partition coefficient (Wildman–Crippen LogP) is 2.32. The van der Waals surface area contributed by atoms with E-state index in [1.54, 1.807) is 0 Å². The molecule has 118 valence electrons. The zero-order chi connectivity index (χ0) is 15.6. The molecule has 3 heterocycles. The average Bonchev–Trinajstić information content (AvgIpc) is 3.29. The maximum atomic E-state index is 5.43. The Labute approximate surface area is 134 Å². The number of para-hydroxylation sites is 1. The second-order valence-electron chi connectivity index (χ2n) is 5.87. The van der Waals surface area contributed by atoms with E-state index in [4.69, 9.17) is 4.74 Å². The fourth-order valence-electron chi connectivity index (χ4n) is 3.03. The molecule has 0 spiro atoms. The van der Waals surface area contributed by atoms with Crippen molar-refractivity contribution in [1.82, 2.24) is 24.5 Å². The summed E-state index contributed by atoms with van der Waals surface area (Å²) in [6.45, 7) is 4.27. The molecular weight excluding hydrogens is 290 g/mol. The van der Waals surface area contributed by atoms with E-state index in [-0.39, 0.29) is 0 Å². The monoisotopic (exact) mass is 309 g/mol. The molecule has 0 saturated carbocycles. The predicted molar refractivity (Wildman–Crippen MR) is 85.6 cm³/mol. The zero-order valence-electron chi connectivity index (χ0n) is 13.1. The van der Waals surface area contributed by atoms with Crippen LogP contribution in [0.3, 0.4) is 0 Å². The lowest BCUT2D eigenvalue weighted by Crippen LogP contribution is -2.06. The standard InChI is InChI=1S/C17H19N5O/c1-13-18-7-8-22(13)17-5-3-2-4-14(17)10-21-11-16(19-20-21)15-6-9-23-12-15/h2-5,7-8,11,15H,6,9-10,12H2,1H3/t15-/m1/s1. The highest BCUT2D eigenvalue weighted by Crippen LogP contribution is 2.23. The van der Waals surface area contributed by atoms with E-state index in [1.807, 2.05) is 42.3 Å². The summed E-state index contributed by atoms with van der Waals surface area (Å²) in [7, 11) is 0. The van der Waals surface area contributed by atoms with Gasteiger partial charge in [-0.2, -0.15) is 0 Å². The number of imidazole rings is 1. The maximum Gasteiger partial charge on any atom is 0.110 e. The average molecular weight is 309 g/mol. The number of benzene rings is 1. The van der Waals surface area contributed by atoms with Crippen LogP contribution in [0.1, 0.15) is 29.4 Å². The van der Waals surface area contributed by atoms with E-state index in [0.29, 0.717) is 12.5 Å². The summed E-state index contributed by atoms with van der Waals surface area (Å²) in [5, 5.41) is 8.61. The number of nitrogens with zero attached hydrogens (tertiary/aromatic N) is 5. The van der Waals surface area contributed by atoms with E-state index >= 15 is 0 Å². The largest absolute Gasteiger partial charge is 0.381 e. The van der Waals surface area contributed by atoms with Gasteiger partial charge in [0.2, 0.25) is 0 Å². The molecule has 0 radical (unpaired) electrons. The summed E-state index contributed by atoms with van der Waals surface area (Å²) in [6.07, 6.45) is 6.87. The molecule has 4 rings (SSSR count). The van der Waals surface area contributed by atoms with Gasteiger partial charge in [0.15, 0.2) is 0 Å². The molecule has 1 aliphatic rings. The van der Waals surface area contributed by atoms with E-state index in [2.05, 4.69) is 32.0 Å². The van der Waals surface area contributed by atoms with Gasteiger partial charge in [-0.05, 0) is 25.0 Å². The summed E-state index contributed by atoms with van der Waals surface area (Å²) in [5.41, 5.74) is 3.34. The molecule has 0 N–H and O–H groups in total. The lowest BCUT2D eigenvalue weighted by atomic mass is 10.1. The van der Waals surface area contributed by atoms with E-state index in [9.17, 15) is 0 Å². The molecule has 0 unspecified atom stereocenters. The van der Waals surface area contributed by atoms with Crippen LogP contribution in [0.4, 0.5) is 0 Å². The van der Waals surface area contributed by atoms with Gasteiger partial charge in [0.1, 0.15) is 5.82 Å². The van der Waals surface area contributed by atoms with Crippen molar-refractivity contribution >= 4 is 0 Å². The summed E-state index contributed by atoms with van der Waals surface area (Å²) < 4.78 is 9.43. The van der Waals surface area contributed by atoms with Crippen LogP contribution in [0.2, 0.25) is 0 Å². The first-order valence-corrected chi connectivity index (χ1v) is 7.87. The van der Waals surface area contributed by atoms with Crippen molar-refractivity contribution in [3.8, 4) is 5.69 Å². The summed E-state index contributed by atoms with van der Waals surface area (Å²) in [6, 6.07) is 8.32. The van der Waals surface area contributed by atoms with Gasteiger partial charge in [-0.15, -0.1) is 5.10 Å². The third kappa shape index (κ3) is 2.77. The summed E-state index contributed by atoms with van der Waals surface area (Å²) in [4.78, 5) is 4.31. The smallest absolute Gasteiger partial charge is 0.110 e. The summed E-state index contributed by atoms with van der Waals surface area (Å²) >= 11 is 0. The molecular formula is C17H19N5O. The van der Waals surface area contributed by atoms with Crippen LogP contribution < -0.4 is 0 Å². The normalized spacial score (nSPS) is 17.7. The highest BCUT2D eigenvalue weighted by molar-refractivity contribution is 5.42. The molecule has 6 nitrogen and oxygen atoms in total. The van der Waals surface area contributed by atoms with Crippen LogP contribution in [0, 0.1) is 6.92 Å². The minimum absolute atomic E-state index is 0.384. The first kappa shape index (κ1) is 14.1. The minimum atomic E-state index is 0.384. The number of hydrogen-bond acceptors (Lipinski definition) is 4. The molecule has 2 aromatic heterocycles. The topological polar surface area (TPSA) is 57.8 Å². The number of aromatic nitrogens is 5. The molecule has 1 saturated heterocycles. The zero-order valence-corrected chi connectivity index (χ0v) is 13.1. The molecule has 3 aromatic rings. The molecule has 1 fully saturated rings. The minimum Gasteiger partial charge on any atom is -0.381 e. The van der Waals surface area contributed by atoms with Gasteiger partial charge in [0, 0.05) is 31.1 Å². The van der Waals surface area contributed by atoms with Crippen molar-refractivity contribution in [2.75, 3.05) is 13.2 Å². The van der Waals surface area contributed by atoms with Gasteiger partial charge < -0.3 is 9.30 Å². The molecule has 1 atom stereocenters. The van der Waals surface area contributed by atoms with Gasteiger partial charge >= 0.3 is 0 Å². The highest BCUT2D eigenvalue weighted by Gasteiger charge is 2.21. The van der Waals surface area contributed by atoms with Crippen molar-refractivity contribution in [2.45, 2.75) is 25.8 Å². The van der Waals surface area contributed by atoms with Crippen LogP contribution in [-0.2, 0) is 11.3 Å². The van der Waals surface area contributed by atoms with Crippen molar-refractivity contribution in [2.24, 2.45) is 0 Å². The Morgan fingerprint density at radius 3 is 3.00 bits per heavy atom. The molecule has 1 aliphatic heterocycles. The highest BCUT2D eigenvalue weighted by atomic mass is 16.5. The van der Waals surface area contributed by atoms with Gasteiger partial charge in [0.05, 0.1) is 24.5 Å². The van der Waals surface area contributed by atoms with Gasteiger partial charge in [-0.3, -0.25) is 0 Å². The van der Waals surface area contributed by atoms with Crippen molar-refractivity contribution < 1.29 is 4.74 Å². The van der Waals surface area contributed by atoms with E-state index in [1.165, 1.54) is 5.56 Å². The number of aryl methyl sites for hydroxylation is 1. The number of rotatable bonds is 4. The Hall–Kier alpha value is -2.47. The first-order chi connectivity index (χ1) is 11.3. The lowest BCUT2D eigenvalue weighted by molar-refractivity contribution is 0.193. The SMILES string of the molecule is Cc1nccn1-c1ccccc1Cn1cc([C@@H]2CCOC2)nn1. The Bertz CT molecular complexity index is 801. The Morgan fingerprint density at radius 2 is 2.22 bits per heavy atom. The van der Waals surface area contributed by atoms with Crippen LogP contribution in [0.5, 0.6) is 0 Å². The quantitative estimate of drug-likeness (QED) is 0.742. The third-order valence-electron chi connectivity index (χ3n) is 4.31. The fraction of sp³-hybridized carbons (Fsp3) is 0.353. The molecule has 0 bridgehead atoms. The number of hydrogen-bond donors (Lipinski definition) is 0. The molecule has 0 amide bonds. The van der Waals surface area contributed by atoms with Gasteiger partial charge in [-0.1, -0.05) is 23.4 Å². The first-order valence-electron chi connectivity index (χ1n) is 7.87. The second kappa shape index (κ2) is 5.96. The van der Waals surface area contributed by atoms with Crippen molar-refractivity contribution in [3.63, 3.8) is 0 Å². The van der Waals surface area contributed by atoms with Crippen molar-refractivity contribution in [1.29, 1.82) is 0 Å². The Kier molecular flexibility index (Phi) is 3.67. The Balaban J connectivity index is 1.61. The molecule has 23 heavy (non-hydrogen) atoms. The second-order valence-corrected chi connectivity index (χ2v) is 5.87. The molecule has 1 aromatic carbocycles. The number of ether oxygens (including phenoxy) is 1. The van der Waals surface area contributed by atoms with Crippen LogP contribution in [-0.4, -0.2) is 37.8 Å². The third-order valence-corrected chi connectivity index (χ3v) is 4.31. The lowest BCUT2D eigenvalue weighted by Gasteiger charge is -2.11. The molecule has 6 heteroatoms. The van der Waals surface area contributed by atoms with Crippen LogP contribution in [0.25, 0.3) is 5.69 Å². The maximum absolute atomic E-state index is 5.43. The van der Waals surface area contributed by atoms with Crippen molar-refractivity contribution in [3.05, 3.63) is 59.9 Å². The summed E-state index contributed by atoms with van der Waals surface area (Å²) in [5.74, 6) is 1.36. The van der Waals surface area contributed by atoms with Crippen LogP contribution in [0.15, 0.2) is 42.9 Å². The molecule has 0 aliphatic carbocycles. The fourth-order valence-corrected chi connectivity index (χ4v) is 3.03. The van der Waals surface area contributed by atoms with Gasteiger partial charge in [0.25, 0.3) is 0 Å². The Morgan fingerprint density at radius 1 is 1.30 bits per heavy atom. The van der Waals surface area contributed by atoms with E-state index in [0.717, 1.165) is 36.8 Å². The van der Waals surface area contributed by atoms with E-state index < -0.39 is 0 Å². The van der Waals surface area contributed by atoms with Crippen LogP contribution >= 0.6 is 0 Å².